The first-order valence-electron chi connectivity index (χ1n) is 6.34. The van der Waals surface area contributed by atoms with Crippen LogP contribution >= 0.6 is 0 Å². The number of phenolic OH excluding ortho intramolecular Hbond substituents is 1. The molecule has 2 aromatic carbocycles. The van der Waals surface area contributed by atoms with Gasteiger partial charge in [-0.3, -0.25) is 0 Å². The molecule has 2 amide bonds. The van der Waals surface area contributed by atoms with E-state index in [1.807, 2.05) is 0 Å². The second kappa shape index (κ2) is 6.56. The predicted octanol–water partition coefficient (Wildman–Crippen LogP) is 3.63. The molecule has 0 bridgehead atoms. The fraction of sp³-hybridized carbons (Fsp3) is 0.0625. The first-order valence-corrected chi connectivity index (χ1v) is 6.34. The van der Waals surface area contributed by atoms with Crippen LogP contribution in [-0.4, -0.2) is 11.1 Å². The van der Waals surface area contributed by atoms with E-state index >= 15 is 0 Å². The van der Waals surface area contributed by atoms with Gasteiger partial charge in [-0.25, -0.2) is 9.18 Å². The molecule has 0 aromatic heterocycles. The normalized spacial score (nSPS) is 10.6. The van der Waals surface area contributed by atoms with Crippen molar-refractivity contribution in [1.29, 1.82) is 0 Å². The molecule has 0 atom stereocenters. The van der Waals surface area contributed by atoms with Gasteiger partial charge in [-0.05, 0) is 54.5 Å². The summed E-state index contributed by atoms with van der Waals surface area (Å²) < 4.78 is 12.7. The minimum atomic E-state index is -0.401. The van der Waals surface area contributed by atoms with Gasteiger partial charge in [0.05, 0.1) is 0 Å². The van der Waals surface area contributed by atoms with E-state index in [-0.39, 0.29) is 11.6 Å². The number of urea groups is 1. The number of hydrogen-bond donors (Lipinski definition) is 3. The van der Waals surface area contributed by atoms with Gasteiger partial charge in [-0.1, -0.05) is 12.1 Å². The second-order valence-electron chi connectivity index (χ2n) is 4.48. The van der Waals surface area contributed by atoms with Crippen molar-refractivity contribution in [1.82, 2.24) is 5.32 Å². The maximum Gasteiger partial charge on any atom is 0.323 e. The van der Waals surface area contributed by atoms with Crippen molar-refractivity contribution < 1.29 is 14.3 Å². The summed E-state index contributed by atoms with van der Waals surface area (Å²) >= 11 is 0. The lowest BCUT2D eigenvalue weighted by Crippen LogP contribution is -2.24. The molecule has 0 radical (unpaired) electrons. The highest BCUT2D eigenvalue weighted by molar-refractivity contribution is 5.91. The van der Waals surface area contributed by atoms with Gasteiger partial charge < -0.3 is 15.7 Å². The van der Waals surface area contributed by atoms with Crippen molar-refractivity contribution in [2.24, 2.45) is 0 Å². The molecule has 0 aliphatic heterocycles. The van der Waals surface area contributed by atoms with Gasteiger partial charge in [0.25, 0.3) is 0 Å². The second-order valence-corrected chi connectivity index (χ2v) is 4.48. The van der Waals surface area contributed by atoms with E-state index in [1.165, 1.54) is 24.4 Å². The summed E-state index contributed by atoms with van der Waals surface area (Å²) in [6.45, 7) is 1.78. The molecule has 2 aromatic rings. The Hall–Kier alpha value is -2.82. The molecule has 0 heterocycles. The third kappa shape index (κ3) is 4.35. The molecule has 0 aliphatic carbocycles. The van der Waals surface area contributed by atoms with E-state index < -0.39 is 6.03 Å². The van der Waals surface area contributed by atoms with Crippen LogP contribution in [0.5, 0.6) is 5.75 Å². The zero-order chi connectivity index (χ0) is 15.2. The topological polar surface area (TPSA) is 61.4 Å². The quantitative estimate of drug-likeness (QED) is 0.754. The van der Waals surface area contributed by atoms with E-state index in [4.69, 9.17) is 0 Å². The summed E-state index contributed by atoms with van der Waals surface area (Å²) in [5, 5.41) is 14.5. The monoisotopic (exact) mass is 286 g/mol. The van der Waals surface area contributed by atoms with Crippen molar-refractivity contribution in [2.45, 2.75) is 6.92 Å². The number of amides is 2. The molecule has 0 saturated heterocycles. The maximum atomic E-state index is 12.7. The van der Waals surface area contributed by atoms with Gasteiger partial charge in [0, 0.05) is 11.9 Å². The van der Waals surface area contributed by atoms with Gasteiger partial charge in [0.1, 0.15) is 11.6 Å². The van der Waals surface area contributed by atoms with E-state index in [1.54, 1.807) is 37.3 Å². The summed E-state index contributed by atoms with van der Waals surface area (Å²) in [6, 6.07) is 10.2. The third-order valence-corrected chi connectivity index (χ3v) is 2.82. The Kier molecular flexibility index (Phi) is 4.56. The number of benzene rings is 2. The highest BCUT2D eigenvalue weighted by Crippen LogP contribution is 2.19. The number of hydrogen-bond acceptors (Lipinski definition) is 2. The number of carbonyl (C=O) groups excluding carboxylic acids is 1. The molecular formula is C16H15FN2O2. The van der Waals surface area contributed by atoms with Crippen molar-refractivity contribution in [3.63, 3.8) is 0 Å². The Morgan fingerprint density at radius 2 is 1.90 bits per heavy atom. The molecule has 0 spiro atoms. The van der Waals surface area contributed by atoms with Crippen LogP contribution in [0.3, 0.4) is 0 Å². The Balaban J connectivity index is 1.91. The molecule has 0 saturated carbocycles. The first kappa shape index (κ1) is 14.6. The number of phenols is 1. The van der Waals surface area contributed by atoms with Crippen molar-refractivity contribution in [2.75, 3.05) is 5.32 Å². The molecular weight excluding hydrogens is 271 g/mol. The first-order chi connectivity index (χ1) is 10.0. The Morgan fingerprint density at radius 3 is 2.57 bits per heavy atom. The molecule has 2 rings (SSSR count). The highest BCUT2D eigenvalue weighted by Gasteiger charge is 2.03. The maximum absolute atomic E-state index is 12.7. The van der Waals surface area contributed by atoms with Gasteiger partial charge in [-0.15, -0.1) is 0 Å². The summed E-state index contributed by atoms with van der Waals surface area (Å²) in [6.07, 6.45) is 3.13. The largest absolute Gasteiger partial charge is 0.508 e. The number of halogens is 1. The van der Waals surface area contributed by atoms with Crippen molar-refractivity contribution >= 4 is 17.8 Å². The number of anilines is 1. The van der Waals surface area contributed by atoms with E-state index in [0.717, 1.165) is 11.1 Å². The van der Waals surface area contributed by atoms with Gasteiger partial charge in [0.15, 0.2) is 0 Å². The summed E-state index contributed by atoms with van der Waals surface area (Å²) in [4.78, 5) is 11.7. The number of rotatable bonds is 3. The molecule has 108 valence electrons. The van der Waals surface area contributed by atoms with Crippen LogP contribution in [0.25, 0.3) is 6.08 Å². The van der Waals surface area contributed by atoms with Crippen LogP contribution in [0.15, 0.2) is 48.7 Å². The highest BCUT2D eigenvalue weighted by atomic mass is 19.1. The molecule has 3 N–H and O–H groups in total. The number of aromatic hydroxyl groups is 1. The zero-order valence-electron chi connectivity index (χ0n) is 11.4. The Morgan fingerprint density at radius 1 is 1.19 bits per heavy atom. The van der Waals surface area contributed by atoms with Crippen molar-refractivity contribution in [3.8, 4) is 5.75 Å². The lowest BCUT2D eigenvalue weighted by Gasteiger charge is -2.08. The molecule has 5 heteroatoms. The molecule has 4 nitrogen and oxygen atoms in total. The smallest absolute Gasteiger partial charge is 0.323 e. The van der Waals surface area contributed by atoms with Gasteiger partial charge >= 0.3 is 6.03 Å². The average molecular weight is 286 g/mol. The Labute approximate surface area is 121 Å². The summed E-state index contributed by atoms with van der Waals surface area (Å²) in [5.41, 5.74) is 2.14. The van der Waals surface area contributed by atoms with Crippen LogP contribution in [-0.2, 0) is 0 Å². The van der Waals surface area contributed by atoms with Gasteiger partial charge in [0.2, 0.25) is 0 Å². The molecule has 21 heavy (non-hydrogen) atoms. The number of aryl methyl sites for hydroxylation is 1. The minimum absolute atomic E-state index is 0.148. The average Bonchev–Trinajstić information content (AvgIpc) is 2.44. The Bertz CT molecular complexity index is 666. The lowest BCUT2D eigenvalue weighted by molar-refractivity contribution is 0.255. The molecule has 0 fully saturated rings. The predicted molar refractivity (Wildman–Crippen MR) is 80.4 cm³/mol. The number of nitrogens with one attached hydrogen (secondary N) is 2. The van der Waals surface area contributed by atoms with Crippen molar-refractivity contribution in [3.05, 3.63) is 65.6 Å². The fourth-order valence-corrected chi connectivity index (χ4v) is 1.73. The number of carbonyl (C=O) groups is 1. The van der Waals surface area contributed by atoms with Crippen LogP contribution in [0.2, 0.25) is 0 Å². The summed E-state index contributed by atoms with van der Waals surface area (Å²) in [5.74, 6) is -0.157. The zero-order valence-corrected chi connectivity index (χ0v) is 11.4. The van der Waals surface area contributed by atoms with Gasteiger partial charge in [-0.2, -0.15) is 0 Å². The fourth-order valence-electron chi connectivity index (χ4n) is 1.73. The van der Waals surface area contributed by atoms with Crippen LogP contribution in [0, 0.1) is 12.7 Å². The van der Waals surface area contributed by atoms with E-state index in [9.17, 15) is 14.3 Å². The summed E-state index contributed by atoms with van der Waals surface area (Å²) in [7, 11) is 0. The van der Waals surface area contributed by atoms with Crippen LogP contribution in [0.1, 0.15) is 11.1 Å². The van der Waals surface area contributed by atoms with E-state index in [0.29, 0.717) is 5.69 Å². The van der Waals surface area contributed by atoms with E-state index in [2.05, 4.69) is 10.6 Å². The minimum Gasteiger partial charge on any atom is -0.508 e. The van der Waals surface area contributed by atoms with Crippen LogP contribution < -0.4 is 10.6 Å². The molecule has 0 aliphatic rings. The van der Waals surface area contributed by atoms with Crippen LogP contribution in [0.4, 0.5) is 14.9 Å². The molecule has 0 unspecified atom stereocenters. The standard InChI is InChI=1S/C16H15FN2O2/c1-11-10-14(20)6-7-15(11)19-16(21)18-9-8-12-2-4-13(17)5-3-12/h2-10,20H,1H3,(H2,18,19,21)/b9-8+. The third-order valence-electron chi connectivity index (χ3n) is 2.82. The SMILES string of the molecule is Cc1cc(O)ccc1NC(=O)N/C=C/c1ccc(F)cc1. The lowest BCUT2D eigenvalue weighted by atomic mass is 10.2.